The van der Waals surface area contributed by atoms with Crippen molar-refractivity contribution < 1.29 is 8.42 Å². The van der Waals surface area contributed by atoms with E-state index in [2.05, 4.69) is 26.1 Å². The van der Waals surface area contributed by atoms with E-state index in [-0.39, 0.29) is 0 Å². The average molecular weight is 275 g/mol. The van der Waals surface area contributed by atoms with Crippen molar-refractivity contribution in [2.75, 3.05) is 24.6 Å². The van der Waals surface area contributed by atoms with Crippen LogP contribution in [0.15, 0.2) is 0 Å². The van der Waals surface area contributed by atoms with Crippen LogP contribution in [0.1, 0.15) is 46.5 Å². The van der Waals surface area contributed by atoms with E-state index in [0.717, 1.165) is 19.5 Å². The van der Waals surface area contributed by atoms with Gasteiger partial charge in [0.1, 0.15) is 0 Å². The van der Waals surface area contributed by atoms with Crippen LogP contribution in [0.4, 0.5) is 0 Å². The third kappa shape index (κ3) is 5.70. The van der Waals surface area contributed by atoms with Gasteiger partial charge in [-0.25, -0.2) is 8.42 Å². The second-order valence-corrected chi connectivity index (χ2v) is 8.35. The average Bonchev–Trinajstić information content (AvgIpc) is 2.63. The predicted octanol–water partition coefficient (Wildman–Crippen LogP) is 2.47. The summed E-state index contributed by atoms with van der Waals surface area (Å²) in [6.07, 6.45) is 4.45. The summed E-state index contributed by atoms with van der Waals surface area (Å²) in [6.45, 7) is 8.62. The highest BCUT2D eigenvalue weighted by Gasteiger charge is 2.32. The van der Waals surface area contributed by atoms with Gasteiger partial charge in [-0.1, -0.05) is 33.6 Å². The van der Waals surface area contributed by atoms with Crippen molar-refractivity contribution >= 4 is 9.84 Å². The maximum absolute atomic E-state index is 11.6. The van der Waals surface area contributed by atoms with Crippen molar-refractivity contribution in [2.45, 2.75) is 46.5 Å². The summed E-state index contributed by atoms with van der Waals surface area (Å²) in [6, 6.07) is 0. The summed E-state index contributed by atoms with van der Waals surface area (Å²) in [5, 5.41) is 3.50. The summed E-state index contributed by atoms with van der Waals surface area (Å²) in [4.78, 5) is 0. The molecule has 3 nitrogen and oxygen atoms in total. The van der Waals surface area contributed by atoms with E-state index >= 15 is 0 Å². The molecular formula is C14H29NO2S. The molecule has 1 rings (SSSR count). The van der Waals surface area contributed by atoms with Crippen LogP contribution in [0, 0.1) is 17.8 Å². The van der Waals surface area contributed by atoms with Crippen LogP contribution >= 0.6 is 0 Å². The number of hydrogen-bond donors (Lipinski definition) is 1. The molecule has 1 heterocycles. The standard InChI is InChI=1S/C14H29NO2S/c1-4-5-6-13(10-15-9-12(2)3)14-7-8-18(16,17)11-14/h12-15H,4-11H2,1-3H3. The second-order valence-electron chi connectivity index (χ2n) is 6.12. The summed E-state index contributed by atoms with van der Waals surface area (Å²) in [7, 11) is -2.73. The predicted molar refractivity (Wildman–Crippen MR) is 77.5 cm³/mol. The Morgan fingerprint density at radius 3 is 2.50 bits per heavy atom. The Bertz CT molecular complexity index is 325. The highest BCUT2D eigenvalue weighted by molar-refractivity contribution is 7.91. The third-order valence-corrected chi connectivity index (χ3v) is 5.62. The minimum Gasteiger partial charge on any atom is -0.316 e. The van der Waals surface area contributed by atoms with Gasteiger partial charge in [0.2, 0.25) is 0 Å². The molecule has 0 spiro atoms. The molecule has 1 saturated heterocycles. The molecule has 2 unspecified atom stereocenters. The van der Waals surface area contributed by atoms with Gasteiger partial charge in [0, 0.05) is 0 Å². The van der Waals surface area contributed by atoms with E-state index in [0.29, 0.717) is 29.3 Å². The Hall–Kier alpha value is -0.0900. The van der Waals surface area contributed by atoms with Crippen molar-refractivity contribution in [1.29, 1.82) is 0 Å². The molecule has 0 aromatic carbocycles. The Kier molecular flexibility index (Phi) is 6.64. The monoisotopic (exact) mass is 275 g/mol. The Balaban J connectivity index is 2.45. The second kappa shape index (κ2) is 7.49. The molecule has 2 atom stereocenters. The van der Waals surface area contributed by atoms with E-state index in [1.165, 1.54) is 19.3 Å². The molecule has 0 aliphatic carbocycles. The lowest BCUT2D eigenvalue weighted by Gasteiger charge is -2.23. The lowest BCUT2D eigenvalue weighted by Crippen LogP contribution is -2.31. The van der Waals surface area contributed by atoms with Crippen LogP contribution < -0.4 is 5.32 Å². The highest BCUT2D eigenvalue weighted by atomic mass is 32.2. The van der Waals surface area contributed by atoms with Crippen molar-refractivity contribution in [2.24, 2.45) is 17.8 Å². The van der Waals surface area contributed by atoms with E-state index in [1.54, 1.807) is 0 Å². The van der Waals surface area contributed by atoms with Gasteiger partial charge in [-0.3, -0.25) is 0 Å². The lowest BCUT2D eigenvalue weighted by atomic mass is 9.87. The topological polar surface area (TPSA) is 46.2 Å². The van der Waals surface area contributed by atoms with Gasteiger partial charge in [0.15, 0.2) is 9.84 Å². The first-order valence-electron chi connectivity index (χ1n) is 7.35. The van der Waals surface area contributed by atoms with Crippen molar-refractivity contribution in [3.05, 3.63) is 0 Å². The highest BCUT2D eigenvalue weighted by Crippen LogP contribution is 2.29. The fraction of sp³-hybridized carbons (Fsp3) is 1.00. The van der Waals surface area contributed by atoms with Gasteiger partial charge in [-0.2, -0.15) is 0 Å². The first-order valence-corrected chi connectivity index (χ1v) is 9.18. The molecule has 0 aromatic heterocycles. The first-order chi connectivity index (χ1) is 8.44. The molecule has 1 N–H and O–H groups in total. The quantitative estimate of drug-likeness (QED) is 0.740. The Labute approximate surface area is 113 Å². The third-order valence-electron chi connectivity index (χ3n) is 3.82. The molecule has 108 valence electrons. The molecule has 0 bridgehead atoms. The van der Waals surface area contributed by atoms with Crippen LogP contribution in [-0.2, 0) is 9.84 Å². The maximum Gasteiger partial charge on any atom is 0.150 e. The van der Waals surface area contributed by atoms with Crippen molar-refractivity contribution in [1.82, 2.24) is 5.32 Å². The Morgan fingerprint density at radius 1 is 1.28 bits per heavy atom. The van der Waals surface area contributed by atoms with Gasteiger partial charge in [-0.15, -0.1) is 0 Å². The van der Waals surface area contributed by atoms with Crippen LogP contribution in [0.2, 0.25) is 0 Å². The van der Waals surface area contributed by atoms with Crippen molar-refractivity contribution in [3.8, 4) is 0 Å². The number of sulfone groups is 1. The van der Waals surface area contributed by atoms with Crippen LogP contribution in [0.25, 0.3) is 0 Å². The van der Waals surface area contributed by atoms with Gasteiger partial charge >= 0.3 is 0 Å². The SMILES string of the molecule is CCCCC(CNCC(C)C)C1CCS(=O)(=O)C1. The van der Waals surface area contributed by atoms with E-state index < -0.39 is 9.84 Å². The molecule has 0 amide bonds. The maximum atomic E-state index is 11.6. The molecule has 0 saturated carbocycles. The van der Waals surface area contributed by atoms with E-state index in [9.17, 15) is 8.42 Å². The zero-order chi connectivity index (χ0) is 13.6. The normalized spacial score (nSPS) is 24.6. The lowest BCUT2D eigenvalue weighted by molar-refractivity contribution is 0.312. The van der Waals surface area contributed by atoms with Crippen molar-refractivity contribution in [3.63, 3.8) is 0 Å². The van der Waals surface area contributed by atoms with Gasteiger partial charge in [-0.05, 0) is 43.7 Å². The molecular weight excluding hydrogens is 246 g/mol. The van der Waals surface area contributed by atoms with E-state index in [1.807, 2.05) is 0 Å². The first kappa shape index (κ1) is 16.0. The molecule has 0 radical (unpaired) electrons. The summed E-state index contributed by atoms with van der Waals surface area (Å²) in [5.41, 5.74) is 0. The van der Waals surface area contributed by atoms with Crippen LogP contribution in [-0.4, -0.2) is 33.0 Å². The fourth-order valence-electron chi connectivity index (χ4n) is 2.72. The van der Waals surface area contributed by atoms with Gasteiger partial charge in [0.05, 0.1) is 11.5 Å². The number of nitrogens with one attached hydrogen (secondary N) is 1. The van der Waals surface area contributed by atoms with E-state index in [4.69, 9.17) is 0 Å². The zero-order valence-electron chi connectivity index (χ0n) is 12.1. The summed E-state index contributed by atoms with van der Waals surface area (Å²) in [5.74, 6) is 2.42. The number of hydrogen-bond acceptors (Lipinski definition) is 3. The van der Waals surface area contributed by atoms with Gasteiger partial charge in [0.25, 0.3) is 0 Å². The Morgan fingerprint density at radius 2 is 2.00 bits per heavy atom. The minimum absolute atomic E-state index is 0.390. The molecule has 0 aromatic rings. The van der Waals surface area contributed by atoms with Crippen LogP contribution in [0.3, 0.4) is 0 Å². The van der Waals surface area contributed by atoms with Crippen LogP contribution in [0.5, 0.6) is 0 Å². The number of unbranched alkanes of at least 4 members (excludes halogenated alkanes) is 1. The molecule has 4 heteroatoms. The summed E-state index contributed by atoms with van der Waals surface area (Å²) >= 11 is 0. The smallest absolute Gasteiger partial charge is 0.150 e. The zero-order valence-corrected chi connectivity index (χ0v) is 12.9. The molecule has 1 fully saturated rings. The fourth-order valence-corrected chi connectivity index (χ4v) is 4.64. The molecule has 18 heavy (non-hydrogen) atoms. The van der Waals surface area contributed by atoms with Gasteiger partial charge < -0.3 is 5.32 Å². The number of rotatable bonds is 8. The summed E-state index contributed by atoms with van der Waals surface area (Å²) < 4.78 is 23.2. The largest absolute Gasteiger partial charge is 0.316 e. The molecule has 1 aliphatic heterocycles. The molecule has 1 aliphatic rings. The minimum atomic E-state index is -2.73.